The van der Waals surface area contributed by atoms with Crippen LogP contribution in [0.1, 0.15) is 32.6 Å². The first-order valence-electron chi connectivity index (χ1n) is 5.85. The van der Waals surface area contributed by atoms with E-state index in [2.05, 4.69) is 4.98 Å². The molecular formula is C12H13F4NO. The van der Waals surface area contributed by atoms with Crippen molar-refractivity contribution in [2.75, 3.05) is 0 Å². The van der Waals surface area contributed by atoms with Crippen molar-refractivity contribution >= 4 is 0 Å². The fraction of sp³-hybridized carbons (Fsp3) is 0.583. The Labute approximate surface area is 102 Å². The van der Waals surface area contributed by atoms with Gasteiger partial charge in [0.2, 0.25) is 17.4 Å². The lowest BCUT2D eigenvalue weighted by Crippen LogP contribution is -2.25. The zero-order valence-electron chi connectivity index (χ0n) is 9.85. The van der Waals surface area contributed by atoms with Crippen molar-refractivity contribution in [2.24, 2.45) is 5.92 Å². The molecule has 2 nitrogen and oxygen atoms in total. The van der Waals surface area contributed by atoms with Gasteiger partial charge in [-0.2, -0.15) is 22.5 Å². The molecule has 0 aromatic carbocycles. The summed E-state index contributed by atoms with van der Waals surface area (Å²) in [5, 5.41) is 0. The van der Waals surface area contributed by atoms with Crippen LogP contribution in [0, 0.1) is 29.4 Å². The van der Waals surface area contributed by atoms with Crippen molar-refractivity contribution in [3.63, 3.8) is 0 Å². The van der Waals surface area contributed by atoms with E-state index >= 15 is 0 Å². The van der Waals surface area contributed by atoms with E-state index < -0.39 is 35.4 Å². The van der Waals surface area contributed by atoms with Crippen molar-refractivity contribution < 1.29 is 22.3 Å². The van der Waals surface area contributed by atoms with Gasteiger partial charge >= 0.3 is 0 Å². The van der Waals surface area contributed by atoms with Crippen LogP contribution in [-0.4, -0.2) is 11.1 Å². The Bertz CT molecular complexity index is 426. The van der Waals surface area contributed by atoms with Crippen molar-refractivity contribution in [1.82, 2.24) is 4.98 Å². The fourth-order valence-electron chi connectivity index (χ4n) is 2.22. The molecule has 1 aromatic rings. The van der Waals surface area contributed by atoms with E-state index in [-0.39, 0.29) is 0 Å². The van der Waals surface area contributed by atoms with Crippen molar-refractivity contribution in [3.05, 3.63) is 23.5 Å². The van der Waals surface area contributed by atoms with E-state index in [9.17, 15) is 17.6 Å². The van der Waals surface area contributed by atoms with E-state index in [0.717, 1.165) is 12.8 Å². The molecule has 2 rings (SSSR count). The van der Waals surface area contributed by atoms with Gasteiger partial charge in [0.05, 0.1) is 6.10 Å². The Hall–Kier alpha value is -1.33. The number of pyridine rings is 1. The number of halogens is 4. The van der Waals surface area contributed by atoms with Crippen molar-refractivity contribution in [1.29, 1.82) is 0 Å². The fourth-order valence-corrected chi connectivity index (χ4v) is 2.22. The van der Waals surface area contributed by atoms with E-state index in [1.165, 1.54) is 0 Å². The van der Waals surface area contributed by atoms with E-state index in [0.29, 0.717) is 18.8 Å². The molecule has 0 aliphatic heterocycles. The smallest absolute Gasteiger partial charge is 0.255 e. The van der Waals surface area contributed by atoms with E-state index in [1.807, 2.05) is 6.92 Å². The molecule has 1 aromatic heterocycles. The minimum atomic E-state index is -1.69. The molecule has 0 saturated heterocycles. The lowest BCUT2D eigenvalue weighted by Gasteiger charge is -2.27. The first-order chi connectivity index (χ1) is 8.49. The maximum Gasteiger partial charge on any atom is 0.255 e. The first kappa shape index (κ1) is 13.1. The lowest BCUT2D eigenvalue weighted by molar-refractivity contribution is 0.115. The number of nitrogens with zero attached hydrogens (tertiary/aromatic N) is 1. The molecule has 0 N–H and O–H groups in total. The lowest BCUT2D eigenvalue weighted by atomic mass is 9.89. The number of ether oxygens (including phenoxy) is 1. The third-order valence-corrected chi connectivity index (χ3v) is 3.13. The van der Waals surface area contributed by atoms with Gasteiger partial charge in [-0.1, -0.05) is 13.3 Å². The second-order valence-electron chi connectivity index (χ2n) is 4.66. The van der Waals surface area contributed by atoms with Gasteiger partial charge in [-0.15, -0.1) is 0 Å². The van der Waals surface area contributed by atoms with Crippen LogP contribution in [0.15, 0.2) is 0 Å². The van der Waals surface area contributed by atoms with Gasteiger partial charge in [0.1, 0.15) is 0 Å². The highest BCUT2D eigenvalue weighted by Gasteiger charge is 2.27. The Balaban J connectivity index is 2.23. The largest absolute Gasteiger partial charge is 0.484 e. The summed E-state index contributed by atoms with van der Waals surface area (Å²) < 4.78 is 57.5. The van der Waals surface area contributed by atoms with Crippen molar-refractivity contribution in [3.8, 4) is 5.75 Å². The molecular weight excluding hydrogens is 250 g/mol. The summed E-state index contributed by atoms with van der Waals surface area (Å²) in [4.78, 5) is 2.48. The SMILES string of the molecule is CC1CCCC(Oc2c(F)c(F)nc(F)c2F)C1. The van der Waals surface area contributed by atoms with E-state index in [4.69, 9.17) is 4.74 Å². The third kappa shape index (κ3) is 2.57. The Morgan fingerprint density at radius 1 is 1.06 bits per heavy atom. The maximum atomic E-state index is 13.3. The summed E-state index contributed by atoms with van der Waals surface area (Å²) in [6, 6.07) is 0. The molecule has 0 amide bonds. The molecule has 0 radical (unpaired) electrons. The molecule has 6 heteroatoms. The van der Waals surface area contributed by atoms with Gasteiger partial charge in [0, 0.05) is 0 Å². The maximum absolute atomic E-state index is 13.3. The summed E-state index contributed by atoms with van der Waals surface area (Å²) in [6.07, 6.45) is 2.70. The topological polar surface area (TPSA) is 22.1 Å². The summed E-state index contributed by atoms with van der Waals surface area (Å²) in [7, 11) is 0. The summed E-state index contributed by atoms with van der Waals surface area (Å²) in [6.45, 7) is 2.00. The van der Waals surface area contributed by atoms with Crippen LogP contribution in [-0.2, 0) is 0 Å². The summed E-state index contributed by atoms with van der Waals surface area (Å²) in [5.74, 6) is -7.16. The average Bonchev–Trinajstić information content (AvgIpc) is 2.32. The van der Waals surface area contributed by atoms with Crippen LogP contribution in [0.5, 0.6) is 5.75 Å². The normalized spacial score (nSPS) is 24.1. The molecule has 1 heterocycles. The average molecular weight is 263 g/mol. The minimum Gasteiger partial charge on any atom is -0.484 e. The van der Waals surface area contributed by atoms with Crippen LogP contribution in [0.3, 0.4) is 0 Å². The predicted octanol–water partition coefficient (Wildman–Crippen LogP) is 3.60. The zero-order chi connectivity index (χ0) is 13.3. The molecule has 2 atom stereocenters. The molecule has 100 valence electrons. The molecule has 1 aliphatic carbocycles. The number of hydrogen-bond acceptors (Lipinski definition) is 2. The summed E-state index contributed by atoms with van der Waals surface area (Å²) in [5.41, 5.74) is 0. The first-order valence-corrected chi connectivity index (χ1v) is 5.85. The standard InChI is InChI=1S/C12H13F4NO/c1-6-3-2-4-7(5-6)18-10-8(13)11(15)17-12(16)9(10)14/h6-7H,2-5H2,1H3. The molecule has 0 spiro atoms. The Morgan fingerprint density at radius 2 is 1.67 bits per heavy atom. The molecule has 18 heavy (non-hydrogen) atoms. The molecule has 1 fully saturated rings. The van der Waals surface area contributed by atoms with Crippen LogP contribution >= 0.6 is 0 Å². The zero-order valence-corrected chi connectivity index (χ0v) is 9.85. The minimum absolute atomic E-state index is 0.367. The number of aromatic nitrogens is 1. The second kappa shape index (κ2) is 5.12. The molecule has 2 unspecified atom stereocenters. The molecule has 1 aliphatic rings. The Morgan fingerprint density at radius 3 is 2.22 bits per heavy atom. The molecule has 1 saturated carbocycles. The van der Waals surface area contributed by atoms with E-state index in [1.54, 1.807) is 0 Å². The van der Waals surface area contributed by atoms with Gasteiger partial charge < -0.3 is 4.74 Å². The molecule has 0 bridgehead atoms. The second-order valence-corrected chi connectivity index (χ2v) is 4.66. The quantitative estimate of drug-likeness (QED) is 0.601. The van der Waals surface area contributed by atoms with Gasteiger partial charge in [-0.05, 0) is 25.2 Å². The van der Waals surface area contributed by atoms with Gasteiger partial charge in [0.25, 0.3) is 11.9 Å². The van der Waals surface area contributed by atoms with Gasteiger partial charge in [0.15, 0.2) is 0 Å². The van der Waals surface area contributed by atoms with Gasteiger partial charge in [-0.3, -0.25) is 0 Å². The highest BCUT2D eigenvalue weighted by Crippen LogP contribution is 2.31. The van der Waals surface area contributed by atoms with Crippen LogP contribution in [0.25, 0.3) is 0 Å². The third-order valence-electron chi connectivity index (χ3n) is 3.13. The number of hydrogen-bond donors (Lipinski definition) is 0. The van der Waals surface area contributed by atoms with Crippen LogP contribution in [0.4, 0.5) is 17.6 Å². The highest BCUT2D eigenvalue weighted by molar-refractivity contribution is 5.24. The van der Waals surface area contributed by atoms with Crippen LogP contribution < -0.4 is 4.74 Å². The van der Waals surface area contributed by atoms with Crippen LogP contribution in [0.2, 0.25) is 0 Å². The highest BCUT2D eigenvalue weighted by atomic mass is 19.2. The predicted molar refractivity (Wildman–Crippen MR) is 56.1 cm³/mol. The Kier molecular flexibility index (Phi) is 3.73. The monoisotopic (exact) mass is 263 g/mol. The van der Waals surface area contributed by atoms with Crippen molar-refractivity contribution in [2.45, 2.75) is 38.7 Å². The summed E-state index contributed by atoms with van der Waals surface area (Å²) >= 11 is 0. The van der Waals surface area contributed by atoms with Gasteiger partial charge in [-0.25, -0.2) is 0 Å². The number of rotatable bonds is 2.